The zero-order chi connectivity index (χ0) is 17.4. The number of ether oxygens (including phenoxy) is 3. The molecule has 2 aromatic rings. The van der Waals surface area contributed by atoms with Crippen LogP contribution in [0.3, 0.4) is 0 Å². The highest BCUT2D eigenvalue weighted by Crippen LogP contribution is 2.40. The lowest BCUT2D eigenvalue weighted by Crippen LogP contribution is -2.55. The van der Waals surface area contributed by atoms with Crippen molar-refractivity contribution < 1.29 is 19.0 Å². The van der Waals surface area contributed by atoms with Gasteiger partial charge in [-0.3, -0.25) is 10.2 Å². The summed E-state index contributed by atoms with van der Waals surface area (Å²) in [6.45, 7) is 0.813. The zero-order valence-corrected chi connectivity index (χ0v) is 13.8. The third-order valence-corrected chi connectivity index (χ3v) is 4.46. The minimum Gasteiger partial charge on any atom is -0.496 e. The van der Waals surface area contributed by atoms with Crippen LogP contribution in [0.25, 0.3) is 0 Å². The predicted molar refractivity (Wildman–Crippen MR) is 91.4 cm³/mol. The van der Waals surface area contributed by atoms with Gasteiger partial charge in [-0.25, -0.2) is 4.79 Å². The van der Waals surface area contributed by atoms with Gasteiger partial charge < -0.3 is 19.9 Å². The molecule has 7 nitrogen and oxygen atoms in total. The summed E-state index contributed by atoms with van der Waals surface area (Å²) in [6.07, 6.45) is -0.683. The molecule has 0 bridgehead atoms. The second kappa shape index (κ2) is 6.27. The first kappa shape index (κ1) is 15.7. The second-order valence-electron chi connectivity index (χ2n) is 5.90. The molecule has 0 saturated heterocycles. The van der Waals surface area contributed by atoms with Gasteiger partial charge in [-0.1, -0.05) is 24.3 Å². The lowest BCUT2D eigenvalue weighted by Gasteiger charge is -2.37. The summed E-state index contributed by atoms with van der Waals surface area (Å²) >= 11 is 0. The van der Waals surface area contributed by atoms with E-state index in [9.17, 15) is 4.79 Å². The fraction of sp³-hybridized carbons (Fsp3) is 0.278. The van der Waals surface area contributed by atoms with Crippen molar-refractivity contribution in [1.29, 1.82) is 0 Å². The molecule has 2 atom stereocenters. The number of fused-ring (bicyclic) bond motifs is 2. The molecule has 2 heterocycles. The molecule has 0 spiro atoms. The van der Waals surface area contributed by atoms with E-state index in [-0.39, 0.29) is 6.04 Å². The molecular weight excluding hydrogens is 322 g/mol. The van der Waals surface area contributed by atoms with Gasteiger partial charge in [0.05, 0.1) is 31.0 Å². The van der Waals surface area contributed by atoms with Crippen molar-refractivity contribution in [1.82, 2.24) is 5.32 Å². The summed E-state index contributed by atoms with van der Waals surface area (Å²) in [6, 6.07) is 12.4. The molecular formula is C18H19N3O4. The van der Waals surface area contributed by atoms with Crippen molar-refractivity contribution in [2.24, 2.45) is 5.73 Å². The quantitative estimate of drug-likeness (QED) is 0.893. The Morgan fingerprint density at radius 2 is 2.12 bits per heavy atom. The Kier molecular flexibility index (Phi) is 3.95. The Morgan fingerprint density at radius 3 is 2.92 bits per heavy atom. The number of methoxy groups -OCH3 is 1. The van der Waals surface area contributed by atoms with Crippen molar-refractivity contribution in [3.8, 4) is 11.5 Å². The maximum absolute atomic E-state index is 12.0. The molecule has 2 amide bonds. The molecule has 3 N–H and O–H groups in total. The number of hydrogen-bond donors (Lipinski definition) is 2. The van der Waals surface area contributed by atoms with Gasteiger partial charge in [0.25, 0.3) is 0 Å². The molecule has 2 aliphatic heterocycles. The standard InChI is InChI=1S/C18H19N3O4/c1-23-14-7-4-8-15-16(14)12(10-24-15)20-18-21(17(19)22)13-6-3-2-5-11(13)9-25-18/h2-8,12,18,20H,9-10H2,1H3,(H2,19,22). The van der Waals surface area contributed by atoms with Gasteiger partial charge in [-0.2, -0.15) is 0 Å². The molecule has 0 saturated carbocycles. The monoisotopic (exact) mass is 341 g/mol. The first-order valence-corrected chi connectivity index (χ1v) is 8.03. The SMILES string of the molecule is COc1cccc2c1C(NC1OCc3ccccc3N1C(N)=O)CO2. The summed E-state index contributed by atoms with van der Waals surface area (Å²) in [5.74, 6) is 1.49. The van der Waals surface area contributed by atoms with Gasteiger partial charge in [0.2, 0.25) is 0 Å². The summed E-state index contributed by atoms with van der Waals surface area (Å²) in [5.41, 5.74) is 8.19. The number of carbonyl (C=O) groups excluding carboxylic acids is 1. The van der Waals surface area contributed by atoms with Crippen molar-refractivity contribution in [2.75, 3.05) is 18.6 Å². The molecule has 130 valence electrons. The van der Waals surface area contributed by atoms with Crippen LogP contribution in [0.4, 0.5) is 10.5 Å². The number of anilines is 1. The lowest BCUT2D eigenvalue weighted by molar-refractivity contribution is 0.00245. The number of nitrogens with zero attached hydrogens (tertiary/aromatic N) is 1. The number of urea groups is 1. The van der Waals surface area contributed by atoms with Crippen LogP contribution in [-0.2, 0) is 11.3 Å². The zero-order valence-electron chi connectivity index (χ0n) is 13.8. The number of nitrogens with two attached hydrogens (primary N) is 1. The Labute approximate surface area is 145 Å². The van der Waals surface area contributed by atoms with Crippen molar-refractivity contribution >= 4 is 11.7 Å². The molecule has 25 heavy (non-hydrogen) atoms. The maximum Gasteiger partial charge on any atom is 0.322 e. The van der Waals surface area contributed by atoms with Gasteiger partial charge in [-0.05, 0) is 18.2 Å². The fourth-order valence-corrected chi connectivity index (χ4v) is 3.33. The Bertz CT molecular complexity index is 811. The number of para-hydroxylation sites is 1. The van der Waals surface area contributed by atoms with Gasteiger partial charge in [0, 0.05) is 5.56 Å². The van der Waals surface area contributed by atoms with Crippen LogP contribution in [0.5, 0.6) is 11.5 Å². The summed E-state index contributed by atoms with van der Waals surface area (Å²) < 4.78 is 17.0. The molecule has 2 unspecified atom stereocenters. The summed E-state index contributed by atoms with van der Waals surface area (Å²) in [5, 5.41) is 3.32. The van der Waals surface area contributed by atoms with Crippen molar-refractivity contribution in [3.63, 3.8) is 0 Å². The minimum absolute atomic E-state index is 0.178. The van der Waals surface area contributed by atoms with E-state index in [1.165, 1.54) is 4.90 Å². The highest BCUT2D eigenvalue weighted by atomic mass is 16.5. The number of hydrogen-bond acceptors (Lipinski definition) is 5. The first-order chi connectivity index (χ1) is 12.2. The Hall–Kier alpha value is -2.77. The maximum atomic E-state index is 12.0. The number of benzene rings is 2. The van der Waals surface area contributed by atoms with E-state index in [2.05, 4.69) is 5.32 Å². The average molecular weight is 341 g/mol. The number of nitrogens with one attached hydrogen (secondary N) is 1. The number of amides is 2. The third-order valence-electron chi connectivity index (χ3n) is 4.46. The molecule has 0 fully saturated rings. The summed E-state index contributed by atoms with van der Waals surface area (Å²) in [4.78, 5) is 13.5. The fourth-order valence-electron chi connectivity index (χ4n) is 3.33. The average Bonchev–Trinajstić information content (AvgIpc) is 3.04. The van der Waals surface area contributed by atoms with Gasteiger partial charge >= 0.3 is 6.03 Å². The van der Waals surface area contributed by atoms with Crippen LogP contribution in [0.15, 0.2) is 42.5 Å². The molecule has 0 aliphatic carbocycles. The summed E-state index contributed by atoms with van der Waals surface area (Å²) in [7, 11) is 1.62. The van der Waals surface area contributed by atoms with Crippen LogP contribution >= 0.6 is 0 Å². The van der Waals surface area contributed by atoms with Crippen molar-refractivity contribution in [3.05, 3.63) is 53.6 Å². The Balaban J connectivity index is 1.64. The molecule has 0 aromatic heterocycles. The van der Waals surface area contributed by atoms with E-state index in [4.69, 9.17) is 19.9 Å². The highest BCUT2D eigenvalue weighted by molar-refractivity contribution is 5.92. The third kappa shape index (κ3) is 2.67. The second-order valence-corrected chi connectivity index (χ2v) is 5.90. The molecule has 4 rings (SSSR count). The van der Waals surface area contributed by atoms with Crippen molar-refractivity contribution in [2.45, 2.75) is 19.0 Å². The number of carbonyl (C=O) groups is 1. The first-order valence-electron chi connectivity index (χ1n) is 8.03. The topological polar surface area (TPSA) is 86.0 Å². The van der Waals surface area contributed by atoms with Crippen LogP contribution in [0, 0.1) is 0 Å². The minimum atomic E-state index is -0.683. The number of rotatable bonds is 3. The highest BCUT2D eigenvalue weighted by Gasteiger charge is 2.36. The van der Waals surface area contributed by atoms with Gasteiger partial charge in [-0.15, -0.1) is 0 Å². The van der Waals surface area contributed by atoms with E-state index in [1.807, 2.05) is 42.5 Å². The lowest BCUT2D eigenvalue weighted by atomic mass is 10.1. The normalized spacial score (nSPS) is 21.2. The van der Waals surface area contributed by atoms with E-state index in [1.54, 1.807) is 7.11 Å². The molecule has 2 aromatic carbocycles. The van der Waals surface area contributed by atoms with Crippen LogP contribution < -0.4 is 25.4 Å². The largest absolute Gasteiger partial charge is 0.496 e. The molecule has 0 radical (unpaired) electrons. The van der Waals surface area contributed by atoms with Crippen LogP contribution in [0.1, 0.15) is 17.2 Å². The van der Waals surface area contributed by atoms with Gasteiger partial charge in [0.1, 0.15) is 18.1 Å². The molecule has 7 heteroatoms. The van der Waals surface area contributed by atoms with E-state index < -0.39 is 12.4 Å². The molecule has 2 aliphatic rings. The van der Waals surface area contributed by atoms with E-state index in [0.717, 1.165) is 28.3 Å². The van der Waals surface area contributed by atoms with Gasteiger partial charge in [0.15, 0.2) is 6.35 Å². The van der Waals surface area contributed by atoms with Crippen LogP contribution in [-0.4, -0.2) is 26.1 Å². The van der Waals surface area contributed by atoms with E-state index in [0.29, 0.717) is 13.2 Å². The Morgan fingerprint density at radius 1 is 1.28 bits per heavy atom. The van der Waals surface area contributed by atoms with Crippen LogP contribution in [0.2, 0.25) is 0 Å². The predicted octanol–water partition coefficient (Wildman–Crippen LogP) is 2.12. The smallest absolute Gasteiger partial charge is 0.322 e. The van der Waals surface area contributed by atoms with E-state index >= 15 is 0 Å². The number of primary amides is 1.